The summed E-state index contributed by atoms with van der Waals surface area (Å²) in [6.07, 6.45) is -0.554. The van der Waals surface area contributed by atoms with Crippen molar-refractivity contribution in [3.8, 4) is 5.75 Å². The number of benzene rings is 2. The Bertz CT molecular complexity index is 710. The van der Waals surface area contributed by atoms with Gasteiger partial charge in [-0.1, -0.05) is 41.9 Å². The molecule has 1 N–H and O–H groups in total. The molecular weight excluding hydrogens is 366 g/mol. The van der Waals surface area contributed by atoms with Gasteiger partial charge in [0.15, 0.2) is 0 Å². The lowest BCUT2D eigenvalue weighted by Gasteiger charge is -2.34. The van der Waals surface area contributed by atoms with E-state index in [1.165, 1.54) is 0 Å². The van der Waals surface area contributed by atoms with Crippen LogP contribution in [0.15, 0.2) is 48.5 Å². The Morgan fingerprint density at radius 2 is 2.00 bits per heavy atom. The zero-order valence-electron chi connectivity index (χ0n) is 15.5. The maximum Gasteiger partial charge on any atom is 0.124 e. The van der Waals surface area contributed by atoms with Crippen molar-refractivity contribution in [3.05, 3.63) is 64.7 Å². The van der Waals surface area contributed by atoms with Gasteiger partial charge >= 0.3 is 0 Å². The largest absolute Gasteiger partial charge is 0.496 e. The van der Waals surface area contributed by atoms with Crippen molar-refractivity contribution in [2.75, 3.05) is 40.0 Å². The molecule has 0 unspecified atom stereocenters. The molecular formula is C21H26ClNO4. The van der Waals surface area contributed by atoms with Gasteiger partial charge in [0.1, 0.15) is 5.75 Å². The van der Waals surface area contributed by atoms with Crippen molar-refractivity contribution in [2.24, 2.45) is 0 Å². The number of rotatable bonds is 8. The number of methoxy groups -OCH3 is 1. The number of para-hydroxylation sites is 1. The van der Waals surface area contributed by atoms with Gasteiger partial charge in [0.05, 0.1) is 39.1 Å². The van der Waals surface area contributed by atoms with E-state index < -0.39 is 6.10 Å². The average molecular weight is 392 g/mol. The van der Waals surface area contributed by atoms with Gasteiger partial charge in [-0.25, -0.2) is 0 Å². The molecule has 1 aliphatic heterocycles. The SMILES string of the molecule is COc1ccccc1COC[C@H](O)CN1CCO[C@H](c2ccc(Cl)cc2)C1. The third-order valence-electron chi connectivity index (χ3n) is 4.62. The van der Waals surface area contributed by atoms with Crippen molar-refractivity contribution in [3.63, 3.8) is 0 Å². The van der Waals surface area contributed by atoms with Gasteiger partial charge in [0, 0.05) is 30.2 Å². The highest BCUT2D eigenvalue weighted by molar-refractivity contribution is 6.30. The van der Waals surface area contributed by atoms with Crippen LogP contribution in [0.3, 0.4) is 0 Å². The Labute approximate surface area is 165 Å². The lowest BCUT2D eigenvalue weighted by Crippen LogP contribution is -2.43. The summed E-state index contributed by atoms with van der Waals surface area (Å²) in [5, 5.41) is 11.1. The molecule has 0 bridgehead atoms. The van der Waals surface area contributed by atoms with Crippen LogP contribution in [0.4, 0.5) is 0 Å². The van der Waals surface area contributed by atoms with Gasteiger partial charge in [-0.15, -0.1) is 0 Å². The van der Waals surface area contributed by atoms with Crippen LogP contribution in [0.1, 0.15) is 17.2 Å². The third-order valence-corrected chi connectivity index (χ3v) is 4.87. The van der Waals surface area contributed by atoms with E-state index in [4.69, 9.17) is 25.8 Å². The van der Waals surface area contributed by atoms with E-state index in [9.17, 15) is 5.11 Å². The molecule has 0 spiro atoms. The molecule has 2 aromatic carbocycles. The van der Waals surface area contributed by atoms with E-state index in [1.54, 1.807) is 7.11 Å². The Hall–Kier alpha value is -1.63. The Morgan fingerprint density at radius 1 is 1.22 bits per heavy atom. The van der Waals surface area contributed by atoms with Crippen LogP contribution in [0.5, 0.6) is 5.75 Å². The number of hydrogen-bond acceptors (Lipinski definition) is 5. The molecule has 1 aliphatic rings. The van der Waals surface area contributed by atoms with E-state index in [0.29, 0.717) is 24.8 Å². The summed E-state index contributed by atoms with van der Waals surface area (Å²) in [5.74, 6) is 0.797. The van der Waals surface area contributed by atoms with E-state index in [0.717, 1.165) is 30.0 Å². The first-order valence-corrected chi connectivity index (χ1v) is 9.50. The van der Waals surface area contributed by atoms with Crippen LogP contribution < -0.4 is 4.74 Å². The summed E-state index contributed by atoms with van der Waals surface area (Å²) in [4.78, 5) is 2.21. The van der Waals surface area contributed by atoms with Crippen LogP contribution in [-0.2, 0) is 16.1 Å². The highest BCUT2D eigenvalue weighted by atomic mass is 35.5. The average Bonchev–Trinajstić information content (AvgIpc) is 2.69. The maximum atomic E-state index is 10.3. The maximum absolute atomic E-state index is 10.3. The molecule has 27 heavy (non-hydrogen) atoms. The zero-order valence-corrected chi connectivity index (χ0v) is 16.3. The lowest BCUT2D eigenvalue weighted by atomic mass is 10.1. The predicted molar refractivity (Wildman–Crippen MR) is 105 cm³/mol. The second kappa shape index (κ2) is 10.1. The number of ether oxygens (including phenoxy) is 3. The van der Waals surface area contributed by atoms with Crippen molar-refractivity contribution >= 4 is 11.6 Å². The van der Waals surface area contributed by atoms with Crippen molar-refractivity contribution in [1.29, 1.82) is 0 Å². The topological polar surface area (TPSA) is 51.2 Å². The molecule has 0 amide bonds. The number of hydrogen-bond donors (Lipinski definition) is 1. The van der Waals surface area contributed by atoms with E-state index in [1.807, 2.05) is 48.5 Å². The summed E-state index contributed by atoms with van der Waals surface area (Å²) in [5.41, 5.74) is 2.08. The van der Waals surface area contributed by atoms with E-state index in [2.05, 4.69) is 4.90 Å². The molecule has 0 saturated carbocycles. The normalized spacial score (nSPS) is 19.0. The first-order chi connectivity index (χ1) is 13.2. The molecule has 0 aromatic heterocycles. The van der Waals surface area contributed by atoms with Crippen LogP contribution in [0, 0.1) is 0 Å². The fourth-order valence-electron chi connectivity index (χ4n) is 3.23. The van der Waals surface area contributed by atoms with Gasteiger partial charge in [-0.3, -0.25) is 4.90 Å². The molecule has 5 nitrogen and oxygen atoms in total. The highest BCUT2D eigenvalue weighted by Gasteiger charge is 2.23. The molecule has 1 fully saturated rings. The number of β-amino-alcohol motifs (C(OH)–C–C–N with tert-alkyl or cyclic N) is 1. The van der Waals surface area contributed by atoms with Gasteiger partial charge in [-0.05, 0) is 23.8 Å². The molecule has 3 rings (SSSR count). The lowest BCUT2D eigenvalue weighted by molar-refractivity contribution is -0.0537. The second-order valence-corrected chi connectivity index (χ2v) is 7.09. The quantitative estimate of drug-likeness (QED) is 0.748. The highest BCUT2D eigenvalue weighted by Crippen LogP contribution is 2.24. The fraction of sp³-hybridized carbons (Fsp3) is 0.429. The standard InChI is InChI=1S/C21H26ClNO4/c1-25-20-5-3-2-4-17(20)14-26-15-19(24)12-23-10-11-27-21(13-23)16-6-8-18(22)9-7-16/h2-9,19,21,24H,10-15H2,1H3/t19-,21+/m1/s1. The number of halogens is 1. The Balaban J connectivity index is 1.44. The second-order valence-electron chi connectivity index (χ2n) is 6.65. The first kappa shape index (κ1) is 20.1. The number of morpholine rings is 1. The molecule has 146 valence electrons. The first-order valence-electron chi connectivity index (χ1n) is 9.13. The molecule has 1 saturated heterocycles. The molecule has 0 aliphatic carbocycles. The minimum Gasteiger partial charge on any atom is -0.496 e. The summed E-state index contributed by atoms with van der Waals surface area (Å²) >= 11 is 5.95. The summed E-state index contributed by atoms with van der Waals surface area (Å²) in [6, 6.07) is 15.5. The molecule has 2 atom stereocenters. The molecule has 1 heterocycles. The van der Waals surface area contributed by atoms with Crippen LogP contribution in [0.25, 0.3) is 0 Å². The number of aliphatic hydroxyl groups excluding tert-OH is 1. The van der Waals surface area contributed by atoms with Crippen molar-refractivity contribution < 1.29 is 19.3 Å². The number of nitrogens with zero attached hydrogens (tertiary/aromatic N) is 1. The Morgan fingerprint density at radius 3 is 2.78 bits per heavy atom. The third kappa shape index (κ3) is 5.92. The predicted octanol–water partition coefficient (Wildman–Crippen LogP) is 3.30. The molecule has 6 heteroatoms. The molecule has 2 aromatic rings. The molecule has 0 radical (unpaired) electrons. The van der Waals surface area contributed by atoms with Crippen molar-refractivity contribution in [1.82, 2.24) is 4.90 Å². The fourth-order valence-corrected chi connectivity index (χ4v) is 3.35. The summed E-state index contributed by atoms with van der Waals surface area (Å²) in [6.45, 7) is 3.43. The van der Waals surface area contributed by atoms with Crippen molar-refractivity contribution in [2.45, 2.75) is 18.8 Å². The monoisotopic (exact) mass is 391 g/mol. The van der Waals surface area contributed by atoms with Crippen LogP contribution >= 0.6 is 11.6 Å². The van der Waals surface area contributed by atoms with Gasteiger partial charge in [-0.2, -0.15) is 0 Å². The van der Waals surface area contributed by atoms with Gasteiger partial charge in [0.2, 0.25) is 0 Å². The van der Waals surface area contributed by atoms with Gasteiger partial charge < -0.3 is 19.3 Å². The van der Waals surface area contributed by atoms with E-state index >= 15 is 0 Å². The Kier molecular flexibility index (Phi) is 7.50. The summed E-state index contributed by atoms with van der Waals surface area (Å²) in [7, 11) is 1.64. The van der Waals surface area contributed by atoms with Crippen LogP contribution in [-0.4, -0.2) is 56.1 Å². The zero-order chi connectivity index (χ0) is 19.1. The minimum absolute atomic E-state index is 0.00212. The smallest absolute Gasteiger partial charge is 0.124 e. The van der Waals surface area contributed by atoms with Gasteiger partial charge in [0.25, 0.3) is 0 Å². The number of aliphatic hydroxyl groups is 1. The van der Waals surface area contributed by atoms with E-state index in [-0.39, 0.29) is 12.7 Å². The minimum atomic E-state index is -0.552. The van der Waals surface area contributed by atoms with Crippen LogP contribution in [0.2, 0.25) is 5.02 Å². The summed E-state index contributed by atoms with van der Waals surface area (Å²) < 4.78 is 16.9.